The van der Waals surface area contributed by atoms with Crippen LogP contribution in [0.2, 0.25) is 0 Å². The zero-order valence-electron chi connectivity index (χ0n) is 11.9. The third-order valence-corrected chi connectivity index (χ3v) is 3.54. The second-order valence-corrected chi connectivity index (χ2v) is 5.35. The van der Waals surface area contributed by atoms with E-state index >= 15 is 0 Å². The molecule has 1 aromatic rings. The summed E-state index contributed by atoms with van der Waals surface area (Å²) < 4.78 is 37.2. The molecule has 2 N–H and O–H groups in total. The Kier molecular flexibility index (Phi) is 5.05. The summed E-state index contributed by atoms with van der Waals surface area (Å²) in [5, 5.41) is 5.19. The number of carbonyl (C=O) groups is 2. The first-order valence-corrected chi connectivity index (χ1v) is 7.11. The van der Waals surface area contributed by atoms with E-state index in [4.69, 9.17) is 0 Å². The van der Waals surface area contributed by atoms with E-state index in [1.165, 1.54) is 0 Å². The Balaban J connectivity index is 1.82. The zero-order valence-corrected chi connectivity index (χ0v) is 11.9. The summed E-state index contributed by atoms with van der Waals surface area (Å²) in [5.74, 6) is -0.911. The topological polar surface area (TPSA) is 58.2 Å². The second-order valence-electron chi connectivity index (χ2n) is 5.35. The van der Waals surface area contributed by atoms with E-state index in [1.807, 2.05) is 0 Å². The van der Waals surface area contributed by atoms with Crippen LogP contribution in [0.5, 0.6) is 0 Å². The molecule has 0 saturated heterocycles. The SMILES string of the molecule is O=C(CC(=O)NC1CCCC1)Nc1ccc(C(F)(F)F)cc1. The Morgan fingerprint density at radius 2 is 1.64 bits per heavy atom. The van der Waals surface area contributed by atoms with Crippen LogP contribution in [0.15, 0.2) is 24.3 Å². The van der Waals surface area contributed by atoms with Crippen LogP contribution in [-0.4, -0.2) is 17.9 Å². The number of benzene rings is 1. The highest BCUT2D eigenvalue weighted by atomic mass is 19.4. The minimum Gasteiger partial charge on any atom is -0.353 e. The van der Waals surface area contributed by atoms with Crippen LogP contribution in [-0.2, 0) is 15.8 Å². The van der Waals surface area contributed by atoms with E-state index < -0.39 is 17.6 Å². The number of alkyl halides is 3. The first kappa shape index (κ1) is 16.3. The Labute approximate surface area is 126 Å². The van der Waals surface area contributed by atoms with Gasteiger partial charge < -0.3 is 10.6 Å². The molecule has 0 radical (unpaired) electrons. The Hall–Kier alpha value is -2.05. The van der Waals surface area contributed by atoms with Crippen molar-refractivity contribution in [3.8, 4) is 0 Å². The molecule has 0 heterocycles. The molecule has 0 atom stereocenters. The monoisotopic (exact) mass is 314 g/mol. The molecule has 0 bridgehead atoms. The normalized spacial score (nSPS) is 15.6. The molecule has 2 amide bonds. The molecule has 1 aromatic carbocycles. The quantitative estimate of drug-likeness (QED) is 0.839. The zero-order chi connectivity index (χ0) is 16.2. The maximum atomic E-state index is 12.4. The van der Waals surface area contributed by atoms with Crippen LogP contribution < -0.4 is 10.6 Å². The molecule has 22 heavy (non-hydrogen) atoms. The van der Waals surface area contributed by atoms with Gasteiger partial charge in [0.1, 0.15) is 6.42 Å². The molecule has 0 aliphatic heterocycles. The van der Waals surface area contributed by atoms with Crippen molar-refractivity contribution < 1.29 is 22.8 Å². The average molecular weight is 314 g/mol. The first-order chi connectivity index (χ1) is 10.3. The van der Waals surface area contributed by atoms with Crippen molar-refractivity contribution in [2.75, 3.05) is 5.32 Å². The van der Waals surface area contributed by atoms with Gasteiger partial charge in [0, 0.05) is 11.7 Å². The van der Waals surface area contributed by atoms with Crippen molar-refractivity contribution in [1.29, 1.82) is 0 Å². The van der Waals surface area contributed by atoms with Crippen LogP contribution in [0.25, 0.3) is 0 Å². The molecule has 7 heteroatoms. The number of hydrogen-bond acceptors (Lipinski definition) is 2. The maximum absolute atomic E-state index is 12.4. The number of carbonyl (C=O) groups excluding carboxylic acids is 2. The smallest absolute Gasteiger partial charge is 0.353 e. The van der Waals surface area contributed by atoms with Crippen molar-refractivity contribution in [3.63, 3.8) is 0 Å². The summed E-state index contributed by atoms with van der Waals surface area (Å²) >= 11 is 0. The minimum absolute atomic E-state index is 0.131. The summed E-state index contributed by atoms with van der Waals surface area (Å²) in [6, 6.07) is 4.22. The molecule has 1 fully saturated rings. The van der Waals surface area contributed by atoms with Crippen LogP contribution in [0.3, 0.4) is 0 Å². The first-order valence-electron chi connectivity index (χ1n) is 7.11. The molecule has 1 aliphatic carbocycles. The van der Waals surface area contributed by atoms with Crippen LogP contribution >= 0.6 is 0 Å². The third kappa shape index (κ3) is 4.75. The maximum Gasteiger partial charge on any atom is 0.416 e. The van der Waals surface area contributed by atoms with Crippen molar-refractivity contribution >= 4 is 17.5 Å². The summed E-state index contributed by atoms with van der Waals surface area (Å²) in [7, 11) is 0. The lowest BCUT2D eigenvalue weighted by Crippen LogP contribution is -2.35. The van der Waals surface area contributed by atoms with Crippen molar-refractivity contribution in [2.24, 2.45) is 0 Å². The summed E-state index contributed by atoms with van der Waals surface area (Å²) in [5.41, 5.74) is -0.559. The fourth-order valence-corrected chi connectivity index (χ4v) is 2.44. The van der Waals surface area contributed by atoms with Gasteiger partial charge in [0.15, 0.2) is 0 Å². The van der Waals surface area contributed by atoms with Gasteiger partial charge >= 0.3 is 6.18 Å². The van der Waals surface area contributed by atoms with Crippen molar-refractivity contribution in [3.05, 3.63) is 29.8 Å². The lowest BCUT2D eigenvalue weighted by atomic mass is 10.2. The van der Waals surface area contributed by atoms with E-state index in [0.717, 1.165) is 49.9 Å². The van der Waals surface area contributed by atoms with Crippen molar-refractivity contribution in [2.45, 2.75) is 44.3 Å². The number of halogens is 3. The highest BCUT2D eigenvalue weighted by Crippen LogP contribution is 2.29. The summed E-state index contributed by atoms with van der Waals surface area (Å²) in [6.07, 6.45) is -0.759. The summed E-state index contributed by atoms with van der Waals surface area (Å²) in [6.45, 7) is 0. The summed E-state index contributed by atoms with van der Waals surface area (Å²) in [4.78, 5) is 23.3. The molecule has 2 rings (SSSR count). The molecule has 0 unspecified atom stereocenters. The highest BCUT2D eigenvalue weighted by molar-refractivity contribution is 6.03. The largest absolute Gasteiger partial charge is 0.416 e. The van der Waals surface area contributed by atoms with E-state index in [-0.39, 0.29) is 24.1 Å². The van der Waals surface area contributed by atoms with E-state index in [1.54, 1.807) is 0 Å². The molecular formula is C15H17F3N2O2. The molecule has 120 valence electrons. The minimum atomic E-state index is -4.41. The predicted molar refractivity (Wildman–Crippen MR) is 75.1 cm³/mol. The second kappa shape index (κ2) is 6.81. The molecule has 4 nitrogen and oxygen atoms in total. The fourth-order valence-electron chi connectivity index (χ4n) is 2.44. The van der Waals surface area contributed by atoms with Gasteiger partial charge in [0.2, 0.25) is 11.8 Å². The molecule has 1 saturated carbocycles. The van der Waals surface area contributed by atoms with E-state index in [0.29, 0.717) is 0 Å². The van der Waals surface area contributed by atoms with Crippen LogP contribution in [0, 0.1) is 0 Å². The fraction of sp³-hybridized carbons (Fsp3) is 0.467. The Morgan fingerprint density at radius 3 is 2.18 bits per heavy atom. The van der Waals surface area contributed by atoms with Crippen molar-refractivity contribution in [1.82, 2.24) is 5.32 Å². The number of anilines is 1. The van der Waals surface area contributed by atoms with Gasteiger partial charge in [-0.1, -0.05) is 12.8 Å². The lowest BCUT2D eigenvalue weighted by molar-refractivity contribution is -0.137. The third-order valence-electron chi connectivity index (χ3n) is 3.54. The molecule has 0 aromatic heterocycles. The Bertz CT molecular complexity index is 535. The van der Waals surface area contributed by atoms with E-state index in [9.17, 15) is 22.8 Å². The van der Waals surface area contributed by atoms with Gasteiger partial charge in [-0.05, 0) is 37.1 Å². The Morgan fingerprint density at radius 1 is 1.05 bits per heavy atom. The number of nitrogens with one attached hydrogen (secondary N) is 2. The molecule has 0 spiro atoms. The molecule has 1 aliphatic rings. The van der Waals surface area contributed by atoms with Crippen LogP contribution in [0.1, 0.15) is 37.7 Å². The highest BCUT2D eigenvalue weighted by Gasteiger charge is 2.30. The van der Waals surface area contributed by atoms with Gasteiger partial charge in [-0.2, -0.15) is 13.2 Å². The lowest BCUT2D eigenvalue weighted by Gasteiger charge is -2.12. The van der Waals surface area contributed by atoms with Gasteiger partial charge in [-0.25, -0.2) is 0 Å². The van der Waals surface area contributed by atoms with Gasteiger partial charge in [0.25, 0.3) is 0 Å². The number of rotatable bonds is 4. The predicted octanol–water partition coefficient (Wildman–Crippen LogP) is 3.09. The standard InChI is InChI=1S/C15H17F3N2O2/c16-15(17,18)10-5-7-12(8-6-10)20-14(22)9-13(21)19-11-3-1-2-4-11/h5-8,11H,1-4,9H2,(H,19,21)(H,20,22). The van der Waals surface area contributed by atoms with E-state index in [2.05, 4.69) is 10.6 Å². The van der Waals surface area contributed by atoms with Gasteiger partial charge in [-0.15, -0.1) is 0 Å². The van der Waals surface area contributed by atoms with Gasteiger partial charge in [0.05, 0.1) is 5.56 Å². The van der Waals surface area contributed by atoms with Crippen LogP contribution in [0.4, 0.5) is 18.9 Å². The number of amides is 2. The molecular weight excluding hydrogens is 297 g/mol. The van der Waals surface area contributed by atoms with Gasteiger partial charge in [-0.3, -0.25) is 9.59 Å². The number of hydrogen-bond donors (Lipinski definition) is 2. The average Bonchev–Trinajstić information content (AvgIpc) is 2.90.